The molecule has 140 valence electrons. The fourth-order valence-electron chi connectivity index (χ4n) is 4.80. The number of benzene rings is 1. The van der Waals surface area contributed by atoms with Gasteiger partial charge in [0.15, 0.2) is 0 Å². The van der Waals surface area contributed by atoms with E-state index >= 15 is 0 Å². The van der Waals surface area contributed by atoms with E-state index < -0.39 is 0 Å². The van der Waals surface area contributed by atoms with Crippen molar-refractivity contribution in [3.8, 4) is 0 Å². The average molecular weight is 355 g/mol. The van der Waals surface area contributed by atoms with Crippen LogP contribution in [0.25, 0.3) is 0 Å². The molecule has 26 heavy (non-hydrogen) atoms. The number of carbonyl (C=O) groups excluding carboxylic acids is 1. The molecule has 3 atom stereocenters. The number of cyclic esters (lactones) is 1. The minimum Gasteiger partial charge on any atom is -0.447 e. The second-order valence-electron chi connectivity index (χ2n) is 8.04. The Bertz CT molecular complexity index is 699. The van der Waals surface area contributed by atoms with Crippen molar-refractivity contribution in [1.29, 1.82) is 0 Å². The van der Waals surface area contributed by atoms with Gasteiger partial charge in [-0.1, -0.05) is 30.4 Å². The monoisotopic (exact) mass is 355 g/mol. The quantitative estimate of drug-likeness (QED) is 0.638. The third-order valence-corrected chi connectivity index (χ3v) is 6.25. The number of hydrogen-bond donors (Lipinski definition) is 1. The third kappa shape index (κ3) is 3.66. The highest BCUT2D eigenvalue weighted by atomic mass is 16.6. The molecule has 4 nitrogen and oxygen atoms in total. The number of nitrogens with one attached hydrogen (secondary N) is 1. The lowest BCUT2D eigenvalue weighted by Gasteiger charge is -2.24. The van der Waals surface area contributed by atoms with Gasteiger partial charge >= 0.3 is 6.09 Å². The van der Waals surface area contributed by atoms with Crippen LogP contribution in [0.1, 0.15) is 55.2 Å². The lowest BCUT2D eigenvalue weighted by molar-refractivity contribution is 0.172. The summed E-state index contributed by atoms with van der Waals surface area (Å²) in [6.07, 6.45) is 10.9. The van der Waals surface area contributed by atoms with Crippen molar-refractivity contribution in [2.24, 2.45) is 5.92 Å². The van der Waals surface area contributed by atoms with E-state index in [0.29, 0.717) is 18.4 Å². The van der Waals surface area contributed by atoms with Crippen molar-refractivity contribution in [1.82, 2.24) is 5.32 Å². The molecule has 1 spiro atoms. The molecule has 1 N–H and O–H groups in total. The molecule has 1 aromatic rings. The van der Waals surface area contributed by atoms with Gasteiger partial charge in [-0.2, -0.15) is 0 Å². The topological polar surface area (TPSA) is 47.6 Å². The van der Waals surface area contributed by atoms with Crippen LogP contribution in [0, 0.1) is 5.92 Å². The van der Waals surface area contributed by atoms with Crippen molar-refractivity contribution < 1.29 is 14.3 Å². The van der Waals surface area contributed by atoms with E-state index in [0.717, 1.165) is 45.3 Å². The lowest BCUT2D eigenvalue weighted by atomic mass is 9.81. The van der Waals surface area contributed by atoms with Gasteiger partial charge in [0.25, 0.3) is 0 Å². The number of hydrogen-bond acceptors (Lipinski definition) is 3. The van der Waals surface area contributed by atoms with Crippen LogP contribution in [0.5, 0.6) is 0 Å². The maximum atomic E-state index is 11.4. The molecule has 2 aliphatic carbocycles. The van der Waals surface area contributed by atoms with Crippen LogP contribution in [0.3, 0.4) is 0 Å². The summed E-state index contributed by atoms with van der Waals surface area (Å²) in [5.41, 5.74) is 4.33. The van der Waals surface area contributed by atoms with Crippen molar-refractivity contribution in [2.75, 3.05) is 19.8 Å². The molecule has 4 heteroatoms. The highest BCUT2D eigenvalue weighted by Crippen LogP contribution is 2.43. The van der Waals surface area contributed by atoms with Gasteiger partial charge in [0.1, 0.15) is 6.61 Å². The summed E-state index contributed by atoms with van der Waals surface area (Å²) < 4.78 is 10.6. The maximum Gasteiger partial charge on any atom is 0.407 e. The summed E-state index contributed by atoms with van der Waals surface area (Å²) in [6.45, 7) is 4.06. The molecule has 1 amide bonds. The van der Waals surface area contributed by atoms with E-state index in [1.807, 2.05) is 6.92 Å². The number of alkyl carbamates (subject to hydrolysis) is 1. The Hall–Kier alpha value is -1.81. The van der Waals surface area contributed by atoms with Gasteiger partial charge < -0.3 is 14.8 Å². The Balaban J connectivity index is 1.40. The summed E-state index contributed by atoms with van der Waals surface area (Å²) in [5.74, 6) is 1.17. The van der Waals surface area contributed by atoms with Crippen molar-refractivity contribution >= 4 is 6.09 Å². The SMILES string of the molecule is CCOCC=C[C@@H]1CCc2cc([C@H]3CC[C@]4(COC(=O)N4)C3)ccc2C1. The number of allylic oxidation sites excluding steroid dienone is 1. The zero-order valence-corrected chi connectivity index (χ0v) is 15.6. The van der Waals surface area contributed by atoms with Crippen LogP contribution < -0.4 is 5.32 Å². The van der Waals surface area contributed by atoms with E-state index in [1.165, 1.54) is 23.1 Å². The summed E-state index contributed by atoms with van der Waals surface area (Å²) in [5, 5.41) is 3.05. The summed E-state index contributed by atoms with van der Waals surface area (Å²) in [6, 6.07) is 7.07. The Labute approximate surface area is 156 Å². The minimum absolute atomic E-state index is 0.117. The molecule has 1 heterocycles. The molecule has 0 radical (unpaired) electrons. The molecular formula is C22H29NO3. The van der Waals surface area contributed by atoms with E-state index in [9.17, 15) is 4.79 Å². The maximum absolute atomic E-state index is 11.4. The van der Waals surface area contributed by atoms with Gasteiger partial charge in [-0.3, -0.25) is 0 Å². The summed E-state index contributed by atoms with van der Waals surface area (Å²) >= 11 is 0. The smallest absolute Gasteiger partial charge is 0.407 e. The normalized spacial score (nSPS) is 30.6. The van der Waals surface area contributed by atoms with Crippen LogP contribution in [0.2, 0.25) is 0 Å². The van der Waals surface area contributed by atoms with Crippen LogP contribution in [0.15, 0.2) is 30.4 Å². The van der Waals surface area contributed by atoms with Crippen LogP contribution in [0.4, 0.5) is 4.79 Å². The Morgan fingerprint density at radius 1 is 1.35 bits per heavy atom. The first-order chi connectivity index (χ1) is 12.7. The van der Waals surface area contributed by atoms with E-state index in [1.54, 1.807) is 0 Å². The number of aryl methyl sites for hydroxylation is 1. The van der Waals surface area contributed by atoms with Crippen LogP contribution in [-0.4, -0.2) is 31.5 Å². The van der Waals surface area contributed by atoms with Gasteiger partial charge in [0.2, 0.25) is 0 Å². The van der Waals surface area contributed by atoms with Gasteiger partial charge in [0, 0.05) is 6.61 Å². The molecule has 3 aliphatic rings. The molecule has 1 saturated carbocycles. The minimum atomic E-state index is -0.250. The Kier molecular flexibility index (Phi) is 5.03. The second-order valence-corrected chi connectivity index (χ2v) is 8.04. The number of ether oxygens (including phenoxy) is 2. The molecule has 2 fully saturated rings. The molecule has 0 aromatic heterocycles. The van der Waals surface area contributed by atoms with E-state index in [-0.39, 0.29) is 11.6 Å². The first-order valence-corrected chi connectivity index (χ1v) is 9.98. The predicted octanol–water partition coefficient (Wildman–Crippen LogP) is 4.13. The number of amides is 1. The van der Waals surface area contributed by atoms with Crippen molar-refractivity contribution in [3.05, 3.63) is 47.0 Å². The van der Waals surface area contributed by atoms with E-state index in [2.05, 4.69) is 35.7 Å². The molecule has 0 bridgehead atoms. The van der Waals surface area contributed by atoms with Crippen molar-refractivity contribution in [3.63, 3.8) is 0 Å². The number of carbonyl (C=O) groups is 1. The number of fused-ring (bicyclic) bond motifs is 1. The van der Waals surface area contributed by atoms with Gasteiger partial charge in [0.05, 0.1) is 12.1 Å². The van der Waals surface area contributed by atoms with Crippen LogP contribution in [-0.2, 0) is 22.3 Å². The van der Waals surface area contributed by atoms with Gasteiger partial charge in [-0.15, -0.1) is 0 Å². The molecular weight excluding hydrogens is 326 g/mol. The second kappa shape index (κ2) is 7.43. The molecule has 1 aromatic carbocycles. The fourth-order valence-corrected chi connectivity index (χ4v) is 4.80. The molecule has 1 aliphatic heterocycles. The molecule has 1 saturated heterocycles. The summed E-state index contributed by atoms with van der Waals surface area (Å²) in [7, 11) is 0. The zero-order valence-electron chi connectivity index (χ0n) is 15.6. The summed E-state index contributed by atoms with van der Waals surface area (Å²) in [4.78, 5) is 11.4. The first-order valence-electron chi connectivity index (χ1n) is 9.98. The predicted molar refractivity (Wildman–Crippen MR) is 101 cm³/mol. The average Bonchev–Trinajstić information content (AvgIpc) is 3.24. The molecule has 0 unspecified atom stereocenters. The Morgan fingerprint density at radius 3 is 3.08 bits per heavy atom. The van der Waals surface area contributed by atoms with Gasteiger partial charge in [-0.25, -0.2) is 4.79 Å². The van der Waals surface area contributed by atoms with Gasteiger partial charge in [-0.05, 0) is 74.0 Å². The largest absolute Gasteiger partial charge is 0.447 e. The fraction of sp³-hybridized carbons (Fsp3) is 0.591. The van der Waals surface area contributed by atoms with E-state index in [4.69, 9.17) is 9.47 Å². The number of rotatable bonds is 5. The third-order valence-electron chi connectivity index (χ3n) is 6.25. The van der Waals surface area contributed by atoms with Crippen LogP contribution >= 0.6 is 0 Å². The highest BCUT2D eigenvalue weighted by molar-refractivity contribution is 5.70. The highest BCUT2D eigenvalue weighted by Gasteiger charge is 2.46. The molecule has 4 rings (SSSR count). The standard InChI is InChI=1S/C22H29NO3/c1-2-25-11-3-4-16-5-6-18-13-19(8-7-17(18)12-16)20-9-10-22(14-20)15-26-21(24)23-22/h3-4,7-8,13,16,20H,2,5-6,9-12,14-15H2,1H3,(H,23,24)/t16-,20+,22-/m1/s1. The lowest BCUT2D eigenvalue weighted by Crippen LogP contribution is -2.40. The Morgan fingerprint density at radius 2 is 2.27 bits per heavy atom. The first kappa shape index (κ1) is 17.6. The zero-order chi connectivity index (χ0) is 18.0. The van der Waals surface area contributed by atoms with Crippen molar-refractivity contribution in [2.45, 2.75) is 56.9 Å².